The monoisotopic (exact) mass is 295 g/mol. The number of hydrogen-bond acceptors (Lipinski definition) is 1. The maximum absolute atomic E-state index is 12.3. The lowest BCUT2D eigenvalue weighted by Gasteiger charge is -2.30. The Bertz CT molecular complexity index is 402. The lowest BCUT2D eigenvalue weighted by molar-refractivity contribution is 0.0697. The Morgan fingerprint density at radius 1 is 1.29 bits per heavy atom. The molecule has 3 heteroatoms. The molecule has 0 bridgehead atoms. The average Bonchev–Trinajstić information content (AvgIpc) is 2.28. The minimum absolute atomic E-state index is 0.168. The average molecular weight is 296 g/mol. The van der Waals surface area contributed by atoms with Crippen LogP contribution in [0.15, 0.2) is 22.7 Å². The van der Waals surface area contributed by atoms with Crippen molar-refractivity contribution in [1.29, 1.82) is 0 Å². The summed E-state index contributed by atoms with van der Waals surface area (Å²) in [6.07, 6.45) is 2.25. The SMILES string of the molecule is Cc1cc(Br)cc(C(=O)N2CCC(C)CC2)c1. The molecule has 1 aromatic rings. The molecule has 1 aliphatic heterocycles. The van der Waals surface area contributed by atoms with Crippen molar-refractivity contribution < 1.29 is 4.79 Å². The molecule has 1 aromatic carbocycles. The molecule has 0 aromatic heterocycles. The van der Waals surface area contributed by atoms with Crippen LogP contribution in [0.3, 0.4) is 0 Å². The van der Waals surface area contributed by atoms with Crippen LogP contribution < -0.4 is 0 Å². The van der Waals surface area contributed by atoms with E-state index in [0.29, 0.717) is 0 Å². The minimum Gasteiger partial charge on any atom is -0.339 e. The fourth-order valence-electron chi connectivity index (χ4n) is 2.25. The topological polar surface area (TPSA) is 20.3 Å². The van der Waals surface area contributed by atoms with Crippen molar-refractivity contribution >= 4 is 21.8 Å². The molecule has 0 radical (unpaired) electrons. The molecule has 2 nitrogen and oxygen atoms in total. The van der Waals surface area contributed by atoms with Crippen LogP contribution >= 0.6 is 15.9 Å². The Hall–Kier alpha value is -0.830. The standard InChI is InChI=1S/C14H18BrNO/c1-10-3-5-16(6-4-10)14(17)12-7-11(2)8-13(15)9-12/h7-10H,3-6H2,1-2H3. The molecule has 0 saturated carbocycles. The van der Waals surface area contributed by atoms with E-state index in [4.69, 9.17) is 0 Å². The molecular formula is C14H18BrNO. The van der Waals surface area contributed by atoms with Crippen molar-refractivity contribution in [1.82, 2.24) is 4.90 Å². The number of aryl methyl sites for hydroxylation is 1. The van der Waals surface area contributed by atoms with Gasteiger partial charge in [0.2, 0.25) is 0 Å². The zero-order valence-corrected chi connectivity index (χ0v) is 12.0. The maximum Gasteiger partial charge on any atom is 0.253 e. The van der Waals surface area contributed by atoms with Gasteiger partial charge >= 0.3 is 0 Å². The largest absolute Gasteiger partial charge is 0.339 e. The molecule has 1 heterocycles. The summed E-state index contributed by atoms with van der Waals surface area (Å²) in [5.74, 6) is 0.921. The Balaban J connectivity index is 2.14. The van der Waals surface area contributed by atoms with Crippen molar-refractivity contribution in [2.45, 2.75) is 26.7 Å². The summed E-state index contributed by atoms with van der Waals surface area (Å²) in [7, 11) is 0. The first-order valence-electron chi connectivity index (χ1n) is 6.13. The molecule has 0 aliphatic carbocycles. The second kappa shape index (κ2) is 5.21. The van der Waals surface area contributed by atoms with E-state index in [1.54, 1.807) is 0 Å². The lowest BCUT2D eigenvalue weighted by Crippen LogP contribution is -2.37. The van der Waals surface area contributed by atoms with Crippen molar-refractivity contribution in [3.8, 4) is 0 Å². The van der Waals surface area contributed by atoms with Gasteiger partial charge in [-0.3, -0.25) is 4.79 Å². The molecule has 0 N–H and O–H groups in total. The van der Waals surface area contributed by atoms with Crippen LogP contribution in [0.1, 0.15) is 35.7 Å². The highest BCUT2D eigenvalue weighted by Crippen LogP contribution is 2.21. The van der Waals surface area contributed by atoms with E-state index in [0.717, 1.165) is 47.4 Å². The number of hydrogen-bond donors (Lipinski definition) is 0. The molecule has 1 amide bonds. The second-order valence-corrected chi connectivity index (χ2v) is 5.91. The van der Waals surface area contributed by atoms with E-state index in [9.17, 15) is 4.79 Å². The van der Waals surface area contributed by atoms with E-state index in [1.165, 1.54) is 0 Å². The van der Waals surface area contributed by atoms with Crippen LogP contribution in [0.5, 0.6) is 0 Å². The van der Waals surface area contributed by atoms with Crippen molar-refractivity contribution in [2.75, 3.05) is 13.1 Å². The van der Waals surface area contributed by atoms with E-state index in [-0.39, 0.29) is 5.91 Å². The van der Waals surface area contributed by atoms with Gasteiger partial charge in [0.1, 0.15) is 0 Å². The van der Waals surface area contributed by atoms with Gasteiger partial charge in [-0.1, -0.05) is 22.9 Å². The summed E-state index contributed by atoms with van der Waals surface area (Å²) in [6, 6.07) is 5.90. The first-order chi connectivity index (χ1) is 8.06. The predicted octanol–water partition coefficient (Wildman–Crippen LogP) is 3.63. The molecule has 1 fully saturated rings. The van der Waals surface area contributed by atoms with Crippen LogP contribution in [-0.2, 0) is 0 Å². The third-order valence-electron chi connectivity index (χ3n) is 3.36. The Kier molecular flexibility index (Phi) is 3.87. The van der Waals surface area contributed by atoms with Crippen molar-refractivity contribution in [2.24, 2.45) is 5.92 Å². The third kappa shape index (κ3) is 3.09. The molecule has 92 valence electrons. The van der Waals surface area contributed by atoms with Crippen molar-refractivity contribution in [3.05, 3.63) is 33.8 Å². The number of amides is 1. The normalized spacial score (nSPS) is 17.2. The molecule has 1 aliphatic rings. The summed E-state index contributed by atoms with van der Waals surface area (Å²) in [5.41, 5.74) is 1.92. The van der Waals surface area contributed by atoms with Gasteiger partial charge in [-0.05, 0) is 49.4 Å². The number of halogens is 1. The van der Waals surface area contributed by atoms with E-state index in [2.05, 4.69) is 22.9 Å². The summed E-state index contributed by atoms with van der Waals surface area (Å²) in [5, 5.41) is 0. The Morgan fingerprint density at radius 3 is 2.53 bits per heavy atom. The van der Waals surface area contributed by atoms with Gasteiger partial charge in [-0.15, -0.1) is 0 Å². The fraction of sp³-hybridized carbons (Fsp3) is 0.500. The molecule has 0 spiro atoms. The van der Waals surface area contributed by atoms with Crippen LogP contribution in [0.4, 0.5) is 0 Å². The highest BCUT2D eigenvalue weighted by molar-refractivity contribution is 9.10. The number of nitrogens with zero attached hydrogens (tertiary/aromatic N) is 1. The highest BCUT2D eigenvalue weighted by atomic mass is 79.9. The summed E-state index contributed by atoms with van der Waals surface area (Å²) in [4.78, 5) is 14.3. The molecule has 2 rings (SSSR count). The second-order valence-electron chi connectivity index (χ2n) is 4.99. The first-order valence-corrected chi connectivity index (χ1v) is 6.92. The number of rotatable bonds is 1. The third-order valence-corrected chi connectivity index (χ3v) is 3.82. The molecular weight excluding hydrogens is 278 g/mol. The minimum atomic E-state index is 0.168. The summed E-state index contributed by atoms with van der Waals surface area (Å²) >= 11 is 3.44. The van der Waals surface area contributed by atoms with Crippen LogP contribution in [0.2, 0.25) is 0 Å². The van der Waals surface area contributed by atoms with Gasteiger partial charge in [-0.25, -0.2) is 0 Å². The van der Waals surface area contributed by atoms with E-state index in [1.807, 2.05) is 30.0 Å². The molecule has 17 heavy (non-hydrogen) atoms. The van der Waals surface area contributed by atoms with E-state index < -0.39 is 0 Å². The van der Waals surface area contributed by atoms with Gasteiger partial charge in [0, 0.05) is 23.1 Å². The fourth-order valence-corrected chi connectivity index (χ4v) is 2.86. The van der Waals surface area contributed by atoms with Crippen LogP contribution in [0.25, 0.3) is 0 Å². The molecule has 0 atom stereocenters. The highest BCUT2D eigenvalue weighted by Gasteiger charge is 2.21. The smallest absolute Gasteiger partial charge is 0.253 e. The summed E-state index contributed by atoms with van der Waals surface area (Å²) < 4.78 is 0.978. The lowest BCUT2D eigenvalue weighted by atomic mass is 9.98. The van der Waals surface area contributed by atoms with Gasteiger partial charge in [0.25, 0.3) is 5.91 Å². The Morgan fingerprint density at radius 2 is 1.94 bits per heavy atom. The predicted molar refractivity (Wildman–Crippen MR) is 73.2 cm³/mol. The Labute approximate surface area is 111 Å². The number of piperidine rings is 1. The zero-order chi connectivity index (χ0) is 12.4. The zero-order valence-electron chi connectivity index (χ0n) is 10.4. The van der Waals surface area contributed by atoms with Crippen LogP contribution in [-0.4, -0.2) is 23.9 Å². The van der Waals surface area contributed by atoms with Crippen LogP contribution in [0, 0.1) is 12.8 Å². The quantitative estimate of drug-likeness (QED) is 0.775. The summed E-state index contributed by atoms with van der Waals surface area (Å²) in [6.45, 7) is 6.06. The van der Waals surface area contributed by atoms with Gasteiger partial charge in [0.15, 0.2) is 0 Å². The van der Waals surface area contributed by atoms with Gasteiger partial charge in [-0.2, -0.15) is 0 Å². The number of carbonyl (C=O) groups is 1. The number of likely N-dealkylation sites (tertiary alicyclic amines) is 1. The van der Waals surface area contributed by atoms with E-state index >= 15 is 0 Å². The van der Waals surface area contributed by atoms with Gasteiger partial charge in [0.05, 0.1) is 0 Å². The molecule has 1 saturated heterocycles. The number of benzene rings is 1. The van der Waals surface area contributed by atoms with Crippen molar-refractivity contribution in [3.63, 3.8) is 0 Å². The molecule has 0 unspecified atom stereocenters. The maximum atomic E-state index is 12.3. The number of carbonyl (C=O) groups excluding carboxylic acids is 1. The first kappa shape index (κ1) is 12.6. The van der Waals surface area contributed by atoms with Gasteiger partial charge < -0.3 is 4.90 Å².